The number of amides is 1. The summed E-state index contributed by atoms with van der Waals surface area (Å²) in [5.41, 5.74) is 4.96. The summed E-state index contributed by atoms with van der Waals surface area (Å²) in [5, 5.41) is 0. The molecule has 0 heterocycles. The lowest BCUT2D eigenvalue weighted by atomic mass is 9.78. The van der Waals surface area contributed by atoms with E-state index in [4.69, 9.17) is 10.5 Å². The number of nitrogens with one attached hydrogen (secondary N) is 1. The molecule has 1 fully saturated rings. The van der Waals surface area contributed by atoms with Crippen molar-refractivity contribution in [2.75, 3.05) is 0 Å². The van der Waals surface area contributed by atoms with Crippen molar-refractivity contribution in [2.24, 2.45) is 11.7 Å². The molecular weight excluding hydrogens is 264 g/mol. The van der Waals surface area contributed by atoms with Crippen LogP contribution < -0.4 is 10.5 Å². The Bertz CT molecular complexity index is 324. The second-order valence-electron chi connectivity index (χ2n) is 5.97. The van der Waals surface area contributed by atoms with Crippen molar-refractivity contribution in [1.82, 2.24) is 4.72 Å². The minimum atomic E-state index is -1.11. The van der Waals surface area contributed by atoms with Gasteiger partial charge in [-0.1, -0.05) is 6.08 Å². The maximum Gasteiger partial charge on any atom is 0.404 e. The molecule has 0 bridgehead atoms. The van der Waals surface area contributed by atoms with Gasteiger partial charge in [0.15, 0.2) is 0 Å². The van der Waals surface area contributed by atoms with Gasteiger partial charge in [-0.2, -0.15) is 0 Å². The molecule has 1 aliphatic carbocycles. The third-order valence-electron chi connectivity index (χ3n) is 3.16. The van der Waals surface area contributed by atoms with Crippen molar-refractivity contribution in [3.8, 4) is 0 Å². The van der Waals surface area contributed by atoms with Crippen LogP contribution in [-0.2, 0) is 16.1 Å². The van der Waals surface area contributed by atoms with E-state index in [-0.39, 0.29) is 16.9 Å². The van der Waals surface area contributed by atoms with Crippen molar-refractivity contribution < 1.29 is 14.1 Å². The second-order valence-corrected chi connectivity index (χ2v) is 7.97. The van der Waals surface area contributed by atoms with E-state index in [1.54, 1.807) is 6.08 Å². The highest BCUT2D eigenvalue weighted by Gasteiger charge is 2.35. The summed E-state index contributed by atoms with van der Waals surface area (Å²) in [5.74, 6) is 0.455. The lowest BCUT2D eigenvalue weighted by molar-refractivity contribution is 0.0183. The summed E-state index contributed by atoms with van der Waals surface area (Å²) in [6, 6.07) is 0.0135. The third-order valence-corrected chi connectivity index (χ3v) is 4.79. The molecule has 0 aromatic heterocycles. The monoisotopic (exact) mass is 288 g/mol. The van der Waals surface area contributed by atoms with E-state index >= 15 is 0 Å². The van der Waals surface area contributed by atoms with Crippen LogP contribution in [0.4, 0.5) is 4.79 Å². The Balaban J connectivity index is 2.31. The molecule has 5 nitrogen and oxygen atoms in total. The maximum absolute atomic E-state index is 12.0. The standard InChI is InChI=1S/C13H24N2O3S/c1-5-10(15-19(17)13(2,3)4)6-9-7-11(8-9)18-12(14)16/h5,9-11,15H,1,6-8H2,2-4H3,(H2,14,16)/t9?,10?,11?,19-/m0/s1. The largest absolute Gasteiger partial charge is 0.598 e. The fourth-order valence-electron chi connectivity index (χ4n) is 1.99. The smallest absolute Gasteiger partial charge is 0.404 e. The zero-order valence-corrected chi connectivity index (χ0v) is 12.7. The van der Waals surface area contributed by atoms with Crippen LogP contribution in [0.25, 0.3) is 0 Å². The number of nitrogens with two attached hydrogens (primary N) is 1. The topological polar surface area (TPSA) is 87.4 Å². The maximum atomic E-state index is 12.0. The minimum Gasteiger partial charge on any atom is -0.598 e. The fourth-order valence-corrected chi connectivity index (χ4v) is 2.81. The molecule has 110 valence electrons. The molecule has 0 spiro atoms. The number of rotatable bonds is 6. The SMILES string of the molecule is C=CC(CC1CC(OC(N)=O)C1)N[S@@+]([O-])C(C)(C)C. The first-order valence-electron chi connectivity index (χ1n) is 6.49. The normalized spacial score (nSPS) is 26.1. The number of carbonyl (C=O) groups is 1. The fraction of sp³-hybridized carbons (Fsp3) is 0.769. The molecule has 0 saturated heterocycles. The molecule has 0 aromatic rings. The number of hydrogen-bond donors (Lipinski definition) is 2. The molecule has 0 aromatic carbocycles. The Labute approximate surface area is 118 Å². The van der Waals surface area contributed by atoms with Gasteiger partial charge < -0.3 is 15.0 Å². The van der Waals surface area contributed by atoms with Crippen molar-refractivity contribution in [2.45, 2.75) is 56.9 Å². The number of ether oxygens (including phenoxy) is 1. The molecular formula is C13H24N2O3S. The van der Waals surface area contributed by atoms with Crippen LogP contribution in [0.1, 0.15) is 40.0 Å². The van der Waals surface area contributed by atoms with Gasteiger partial charge in [-0.25, -0.2) is 4.79 Å². The van der Waals surface area contributed by atoms with Gasteiger partial charge >= 0.3 is 6.09 Å². The lowest BCUT2D eigenvalue weighted by Crippen LogP contribution is -2.46. The predicted molar refractivity (Wildman–Crippen MR) is 76.8 cm³/mol. The van der Waals surface area contributed by atoms with Crippen molar-refractivity contribution in [3.63, 3.8) is 0 Å². The van der Waals surface area contributed by atoms with Gasteiger partial charge in [-0.3, -0.25) is 0 Å². The molecule has 1 rings (SSSR count). The summed E-state index contributed by atoms with van der Waals surface area (Å²) >= 11 is -1.11. The summed E-state index contributed by atoms with van der Waals surface area (Å²) in [6.07, 6.45) is 3.50. The van der Waals surface area contributed by atoms with Gasteiger partial charge in [0, 0.05) is 11.4 Å². The average molecular weight is 288 g/mol. The van der Waals surface area contributed by atoms with Gasteiger partial charge in [0.1, 0.15) is 10.9 Å². The van der Waals surface area contributed by atoms with E-state index in [0.29, 0.717) is 5.92 Å². The average Bonchev–Trinajstić information content (AvgIpc) is 2.22. The molecule has 0 radical (unpaired) electrons. The van der Waals surface area contributed by atoms with E-state index in [1.807, 2.05) is 20.8 Å². The number of primary amides is 1. The van der Waals surface area contributed by atoms with Gasteiger partial charge in [-0.15, -0.1) is 11.3 Å². The number of carbonyl (C=O) groups excluding carboxylic acids is 1. The highest BCUT2D eigenvalue weighted by atomic mass is 32.2. The van der Waals surface area contributed by atoms with Gasteiger partial charge in [0.25, 0.3) is 0 Å². The Morgan fingerprint density at radius 1 is 1.63 bits per heavy atom. The van der Waals surface area contributed by atoms with E-state index in [0.717, 1.165) is 19.3 Å². The molecule has 1 saturated carbocycles. The molecule has 0 aliphatic heterocycles. The zero-order valence-electron chi connectivity index (χ0n) is 11.8. The van der Waals surface area contributed by atoms with E-state index < -0.39 is 17.5 Å². The lowest BCUT2D eigenvalue weighted by Gasteiger charge is -2.36. The van der Waals surface area contributed by atoms with Crippen LogP contribution in [0.3, 0.4) is 0 Å². The Morgan fingerprint density at radius 2 is 2.21 bits per heavy atom. The van der Waals surface area contributed by atoms with Crippen LogP contribution in [0.15, 0.2) is 12.7 Å². The van der Waals surface area contributed by atoms with Gasteiger partial charge in [0.2, 0.25) is 0 Å². The first-order chi connectivity index (χ1) is 8.72. The van der Waals surface area contributed by atoms with Crippen LogP contribution in [0, 0.1) is 5.92 Å². The summed E-state index contributed by atoms with van der Waals surface area (Å²) in [7, 11) is 0. The predicted octanol–water partition coefficient (Wildman–Crippen LogP) is 1.86. The van der Waals surface area contributed by atoms with Crippen molar-refractivity contribution in [3.05, 3.63) is 12.7 Å². The molecule has 1 amide bonds. The van der Waals surface area contributed by atoms with E-state index in [2.05, 4.69) is 11.3 Å². The Morgan fingerprint density at radius 3 is 2.63 bits per heavy atom. The molecule has 1 aliphatic rings. The molecule has 6 heteroatoms. The van der Waals surface area contributed by atoms with Crippen LogP contribution >= 0.6 is 0 Å². The summed E-state index contributed by atoms with van der Waals surface area (Å²) < 4.78 is 19.7. The van der Waals surface area contributed by atoms with Gasteiger partial charge in [0.05, 0.1) is 6.04 Å². The first kappa shape index (κ1) is 16.3. The van der Waals surface area contributed by atoms with Crippen LogP contribution in [0.2, 0.25) is 0 Å². The van der Waals surface area contributed by atoms with Crippen LogP contribution in [-0.4, -0.2) is 27.5 Å². The molecule has 1 unspecified atom stereocenters. The molecule has 2 atom stereocenters. The zero-order chi connectivity index (χ0) is 14.6. The molecule has 19 heavy (non-hydrogen) atoms. The quantitative estimate of drug-likeness (QED) is 0.577. The van der Waals surface area contributed by atoms with E-state index in [9.17, 15) is 9.35 Å². The summed E-state index contributed by atoms with van der Waals surface area (Å²) in [6.45, 7) is 9.55. The van der Waals surface area contributed by atoms with Crippen molar-refractivity contribution >= 4 is 17.5 Å². The van der Waals surface area contributed by atoms with Crippen LogP contribution in [0.5, 0.6) is 0 Å². The second kappa shape index (κ2) is 6.63. The highest BCUT2D eigenvalue weighted by Crippen LogP contribution is 2.34. The Kier molecular flexibility index (Phi) is 5.70. The van der Waals surface area contributed by atoms with E-state index in [1.165, 1.54) is 0 Å². The van der Waals surface area contributed by atoms with Crippen molar-refractivity contribution in [1.29, 1.82) is 0 Å². The summed E-state index contributed by atoms with van der Waals surface area (Å²) in [4.78, 5) is 10.6. The first-order valence-corrected chi connectivity index (χ1v) is 7.64. The Hall–Kier alpha value is -0.720. The minimum absolute atomic E-state index is 0.0135. The van der Waals surface area contributed by atoms with Gasteiger partial charge in [-0.05, 0) is 46.0 Å². The third kappa shape index (κ3) is 5.42. The highest BCUT2D eigenvalue weighted by molar-refractivity contribution is 7.90. The number of hydrogen-bond acceptors (Lipinski definition) is 4. The molecule has 3 N–H and O–H groups in total.